The molecule has 3 aromatic heterocycles. The Hall–Kier alpha value is -4.76. The average molecular weight is 715 g/mol. The van der Waals surface area contributed by atoms with Gasteiger partial charge >= 0.3 is 6.09 Å². The lowest BCUT2D eigenvalue weighted by Crippen LogP contribution is -2.42. The van der Waals surface area contributed by atoms with E-state index in [1.165, 1.54) is 5.56 Å². The average Bonchev–Trinajstić information content (AvgIpc) is 3.62. The van der Waals surface area contributed by atoms with Crippen LogP contribution in [0.2, 0.25) is 0 Å². The maximum absolute atomic E-state index is 14.0. The molecule has 1 aliphatic carbocycles. The predicted octanol–water partition coefficient (Wildman–Crippen LogP) is 10.5. The van der Waals surface area contributed by atoms with E-state index in [0.717, 1.165) is 64.9 Å². The van der Waals surface area contributed by atoms with Crippen molar-refractivity contribution >= 4 is 28.4 Å². The van der Waals surface area contributed by atoms with E-state index in [1.807, 2.05) is 57.2 Å². The van der Waals surface area contributed by atoms with Crippen molar-refractivity contribution in [3.8, 4) is 11.4 Å². The summed E-state index contributed by atoms with van der Waals surface area (Å²) in [4.78, 5) is 27.9. The fraction of sp³-hybridized carbons (Fsp3) is 0.455. The van der Waals surface area contributed by atoms with Crippen molar-refractivity contribution in [1.29, 1.82) is 0 Å². The van der Waals surface area contributed by atoms with Gasteiger partial charge in [0.15, 0.2) is 6.23 Å². The molecule has 0 saturated carbocycles. The summed E-state index contributed by atoms with van der Waals surface area (Å²) in [6.07, 6.45) is 5.18. The van der Waals surface area contributed by atoms with Crippen molar-refractivity contribution in [3.05, 3.63) is 102 Å². The van der Waals surface area contributed by atoms with E-state index in [-0.39, 0.29) is 36.2 Å². The lowest BCUT2D eigenvalue weighted by molar-refractivity contribution is -0.0393. The second-order valence-corrected chi connectivity index (χ2v) is 16.5. The van der Waals surface area contributed by atoms with Gasteiger partial charge in [0.25, 0.3) is 0 Å². The number of carbonyl (C=O) groups excluding carboxylic acids is 1. The Morgan fingerprint density at radius 3 is 2.42 bits per heavy atom. The molecule has 0 spiro atoms. The summed E-state index contributed by atoms with van der Waals surface area (Å²) in [5, 5.41) is 7.62. The lowest BCUT2D eigenvalue weighted by Gasteiger charge is -2.41. The number of hydrogen-bond acceptors (Lipinski definition) is 7. The smallest absolute Gasteiger partial charge is 0.412 e. The number of rotatable bonds is 9. The number of nitrogens with zero attached hydrogens (tertiary/aromatic N) is 6. The van der Waals surface area contributed by atoms with E-state index >= 15 is 0 Å². The minimum Gasteiger partial charge on any atom is -0.444 e. The molecule has 1 fully saturated rings. The summed E-state index contributed by atoms with van der Waals surface area (Å²) >= 11 is 0. The van der Waals surface area contributed by atoms with Gasteiger partial charge in [-0.25, -0.2) is 14.5 Å². The molecule has 3 unspecified atom stereocenters. The van der Waals surface area contributed by atoms with Crippen LogP contribution in [-0.2, 0) is 21.4 Å². The highest BCUT2D eigenvalue weighted by Crippen LogP contribution is 2.62. The van der Waals surface area contributed by atoms with Gasteiger partial charge in [-0.1, -0.05) is 83.1 Å². The molecule has 0 bridgehead atoms. The minimum atomic E-state index is -0.678. The quantitative estimate of drug-likeness (QED) is 0.141. The van der Waals surface area contributed by atoms with Gasteiger partial charge in [0.05, 0.1) is 29.3 Å². The Bertz CT molecular complexity index is 2070. The lowest BCUT2D eigenvalue weighted by atomic mass is 9.63. The summed E-state index contributed by atoms with van der Waals surface area (Å²) in [5.74, 6) is 0.943. The standard InChI is InChI=1S/C44H54N6O3/c1-9-44(8)40-37(30(2)43(44,6)7)39(50(47-40)36-24-16-18-26-52-36)38-34-23-14-13-19-31(34)27-35(46-38)49(33-21-11-10-12-22-33)29-48(41(51)53-42(3,4)5)28-32-20-15-17-25-45-32/h10-15,17,19-23,25,27,30,36H,9,16,18,24,26,28-29H2,1-8H3. The molecule has 5 aromatic rings. The zero-order valence-corrected chi connectivity index (χ0v) is 32.6. The summed E-state index contributed by atoms with van der Waals surface area (Å²) in [6.45, 7) is 18.6. The molecule has 0 radical (unpaired) electrons. The fourth-order valence-corrected chi connectivity index (χ4v) is 8.15. The molecule has 1 aliphatic heterocycles. The highest BCUT2D eigenvalue weighted by molar-refractivity contribution is 5.97. The molecule has 1 saturated heterocycles. The predicted molar refractivity (Wildman–Crippen MR) is 211 cm³/mol. The van der Waals surface area contributed by atoms with E-state index in [0.29, 0.717) is 12.4 Å². The third-order valence-corrected chi connectivity index (χ3v) is 11.9. The molecule has 9 heteroatoms. The number of fused-ring (bicyclic) bond motifs is 2. The molecule has 2 aromatic carbocycles. The first-order chi connectivity index (χ1) is 25.3. The van der Waals surface area contributed by atoms with Crippen molar-refractivity contribution in [2.75, 3.05) is 18.2 Å². The Kier molecular flexibility index (Phi) is 9.83. The summed E-state index contributed by atoms with van der Waals surface area (Å²) in [7, 11) is 0. The summed E-state index contributed by atoms with van der Waals surface area (Å²) in [5.41, 5.74) is 5.17. The van der Waals surface area contributed by atoms with E-state index < -0.39 is 11.7 Å². The van der Waals surface area contributed by atoms with Gasteiger partial charge in [-0.2, -0.15) is 5.10 Å². The first-order valence-corrected chi connectivity index (χ1v) is 19.2. The van der Waals surface area contributed by atoms with Gasteiger partial charge in [0.2, 0.25) is 0 Å². The first kappa shape index (κ1) is 36.6. The van der Waals surface area contributed by atoms with Crippen LogP contribution in [0, 0.1) is 5.41 Å². The molecule has 7 rings (SSSR count). The zero-order chi connectivity index (χ0) is 37.5. The second-order valence-electron chi connectivity index (χ2n) is 16.5. The second kappa shape index (κ2) is 14.2. The zero-order valence-electron chi connectivity index (χ0n) is 32.6. The highest BCUT2D eigenvalue weighted by Gasteiger charge is 2.56. The van der Waals surface area contributed by atoms with Gasteiger partial charge in [-0.3, -0.25) is 9.88 Å². The Labute approximate surface area is 314 Å². The maximum Gasteiger partial charge on any atom is 0.412 e. The Morgan fingerprint density at radius 2 is 1.74 bits per heavy atom. The van der Waals surface area contributed by atoms with Crippen LogP contribution in [0.4, 0.5) is 16.3 Å². The number of hydrogen-bond donors (Lipinski definition) is 0. The van der Waals surface area contributed by atoms with Gasteiger partial charge in [-0.15, -0.1) is 0 Å². The molecule has 9 nitrogen and oxygen atoms in total. The van der Waals surface area contributed by atoms with E-state index in [2.05, 4.69) is 91.6 Å². The molecule has 3 atom stereocenters. The first-order valence-electron chi connectivity index (χ1n) is 19.2. The van der Waals surface area contributed by atoms with Crippen molar-refractivity contribution in [2.45, 2.75) is 111 Å². The van der Waals surface area contributed by atoms with Crippen LogP contribution < -0.4 is 4.90 Å². The van der Waals surface area contributed by atoms with Gasteiger partial charge in [-0.05, 0) is 93.5 Å². The molecule has 2 aliphatic rings. The maximum atomic E-state index is 14.0. The number of carbonyl (C=O) groups is 1. The topological polar surface area (TPSA) is 85.6 Å². The minimum absolute atomic E-state index is 0.0242. The van der Waals surface area contributed by atoms with E-state index in [9.17, 15) is 4.79 Å². The number of pyridine rings is 2. The summed E-state index contributed by atoms with van der Waals surface area (Å²) < 4.78 is 14.6. The highest BCUT2D eigenvalue weighted by atomic mass is 16.6. The number of aromatic nitrogens is 4. The van der Waals surface area contributed by atoms with Crippen molar-refractivity contribution in [3.63, 3.8) is 0 Å². The molecule has 278 valence electrons. The third-order valence-electron chi connectivity index (χ3n) is 11.9. The Balaban J connectivity index is 1.44. The fourth-order valence-electron chi connectivity index (χ4n) is 8.15. The number of benzene rings is 2. The largest absolute Gasteiger partial charge is 0.444 e. The molecular weight excluding hydrogens is 661 g/mol. The molecule has 1 amide bonds. The molecule has 4 heterocycles. The van der Waals surface area contributed by atoms with Crippen molar-refractivity contribution in [2.24, 2.45) is 5.41 Å². The van der Waals surface area contributed by atoms with Crippen LogP contribution in [0.25, 0.3) is 22.2 Å². The summed E-state index contributed by atoms with van der Waals surface area (Å²) in [6, 6.07) is 26.5. The van der Waals surface area contributed by atoms with Crippen molar-refractivity contribution in [1.82, 2.24) is 24.6 Å². The van der Waals surface area contributed by atoms with E-state index in [4.69, 9.17) is 19.6 Å². The van der Waals surface area contributed by atoms with Crippen LogP contribution >= 0.6 is 0 Å². The number of amides is 1. The van der Waals surface area contributed by atoms with Crippen LogP contribution in [0.3, 0.4) is 0 Å². The Morgan fingerprint density at radius 1 is 1.00 bits per heavy atom. The van der Waals surface area contributed by atoms with Crippen LogP contribution in [0.5, 0.6) is 0 Å². The normalized spacial score (nSPS) is 21.0. The number of anilines is 2. The monoisotopic (exact) mass is 714 g/mol. The van der Waals surface area contributed by atoms with E-state index in [1.54, 1.807) is 11.1 Å². The third kappa shape index (κ3) is 6.80. The van der Waals surface area contributed by atoms with Gasteiger partial charge in [0.1, 0.15) is 18.1 Å². The number of para-hydroxylation sites is 1. The van der Waals surface area contributed by atoms with Crippen LogP contribution in [-0.4, -0.2) is 49.6 Å². The van der Waals surface area contributed by atoms with Crippen molar-refractivity contribution < 1.29 is 14.3 Å². The molecular formula is C44H54N6O3. The molecule has 0 N–H and O–H groups in total. The van der Waals surface area contributed by atoms with Gasteiger partial charge < -0.3 is 14.4 Å². The SMILES string of the molecule is CCC1(C)c2nn(C3CCCCO3)c(-c3nc(N(CN(Cc4ccccn4)C(=O)OC(C)(C)C)c4ccccc4)cc4ccccc34)c2C(C)C1(C)C. The van der Waals surface area contributed by atoms with Crippen LogP contribution in [0.1, 0.15) is 110 Å². The number of ether oxygens (including phenoxy) is 2. The molecule has 53 heavy (non-hydrogen) atoms. The van der Waals surface area contributed by atoms with Gasteiger partial charge in [0, 0.05) is 34.9 Å². The van der Waals surface area contributed by atoms with Crippen LogP contribution in [0.15, 0.2) is 85.1 Å².